The standard InChI is InChI=1S/C24H23N5O7S/c1-5-22-27-28-24(37-22)26-23(30)15(12-25)8-14-6-7-18(19(9-14)33-2)36-13-16-10-20(34-3)21(35-4)11-17(16)29(31)32/h6-11H,5,13H2,1-4H3,(H,26,28,30). The largest absolute Gasteiger partial charge is 0.493 e. The normalized spacial score (nSPS) is 10.8. The number of hydrogen-bond donors (Lipinski definition) is 1. The Balaban J connectivity index is 1.81. The lowest BCUT2D eigenvalue weighted by molar-refractivity contribution is -0.385. The number of carbonyl (C=O) groups excluding carboxylic acids is 1. The number of nitrogens with one attached hydrogen (secondary N) is 1. The number of carbonyl (C=O) groups is 1. The average Bonchev–Trinajstić information content (AvgIpc) is 3.37. The van der Waals surface area contributed by atoms with Crippen molar-refractivity contribution in [3.8, 4) is 29.1 Å². The second kappa shape index (κ2) is 12.3. The van der Waals surface area contributed by atoms with Crippen molar-refractivity contribution >= 4 is 34.1 Å². The number of benzene rings is 2. The number of nitro groups is 1. The molecule has 0 atom stereocenters. The lowest BCUT2D eigenvalue weighted by Gasteiger charge is -2.13. The molecular formula is C24H23N5O7S. The van der Waals surface area contributed by atoms with Gasteiger partial charge in [0.1, 0.15) is 23.3 Å². The molecule has 3 rings (SSSR count). The predicted octanol–water partition coefficient (Wildman–Crippen LogP) is 4.16. The fourth-order valence-electron chi connectivity index (χ4n) is 3.17. The van der Waals surface area contributed by atoms with Crippen LogP contribution < -0.4 is 24.3 Å². The van der Waals surface area contributed by atoms with Gasteiger partial charge in [0.2, 0.25) is 5.13 Å². The maximum Gasteiger partial charge on any atom is 0.280 e. The molecule has 0 saturated carbocycles. The van der Waals surface area contributed by atoms with Crippen LogP contribution in [0.3, 0.4) is 0 Å². The van der Waals surface area contributed by atoms with Gasteiger partial charge in [0, 0.05) is 0 Å². The Hall–Kier alpha value is -4.70. The van der Waals surface area contributed by atoms with Crippen LogP contribution in [0.5, 0.6) is 23.0 Å². The smallest absolute Gasteiger partial charge is 0.280 e. The first-order valence-corrected chi connectivity index (χ1v) is 11.6. The van der Waals surface area contributed by atoms with Gasteiger partial charge in [-0.25, -0.2) is 0 Å². The van der Waals surface area contributed by atoms with Crippen molar-refractivity contribution in [3.63, 3.8) is 0 Å². The molecule has 192 valence electrons. The number of aryl methyl sites for hydroxylation is 1. The molecule has 12 nitrogen and oxygen atoms in total. The maximum atomic E-state index is 12.5. The summed E-state index contributed by atoms with van der Waals surface area (Å²) in [6, 6.07) is 9.37. The zero-order chi connectivity index (χ0) is 26.9. The maximum absolute atomic E-state index is 12.5. The van der Waals surface area contributed by atoms with Crippen molar-refractivity contribution in [1.29, 1.82) is 5.26 Å². The van der Waals surface area contributed by atoms with E-state index in [1.54, 1.807) is 18.2 Å². The van der Waals surface area contributed by atoms with Crippen molar-refractivity contribution in [1.82, 2.24) is 10.2 Å². The Morgan fingerprint density at radius 1 is 1.11 bits per heavy atom. The second-order valence-corrected chi connectivity index (χ2v) is 8.33. The van der Waals surface area contributed by atoms with E-state index in [2.05, 4.69) is 15.5 Å². The van der Waals surface area contributed by atoms with E-state index in [4.69, 9.17) is 18.9 Å². The second-order valence-electron chi connectivity index (χ2n) is 7.27. The van der Waals surface area contributed by atoms with Gasteiger partial charge in [-0.05, 0) is 36.3 Å². The summed E-state index contributed by atoms with van der Waals surface area (Å²) in [5.74, 6) is 0.516. The number of amides is 1. The highest BCUT2D eigenvalue weighted by atomic mass is 32.1. The number of methoxy groups -OCH3 is 3. The van der Waals surface area contributed by atoms with Crippen LogP contribution in [0.4, 0.5) is 10.8 Å². The number of ether oxygens (including phenoxy) is 4. The number of nitrogens with zero attached hydrogens (tertiary/aromatic N) is 4. The quantitative estimate of drug-likeness (QED) is 0.167. The van der Waals surface area contributed by atoms with Gasteiger partial charge < -0.3 is 18.9 Å². The monoisotopic (exact) mass is 525 g/mol. The summed E-state index contributed by atoms with van der Waals surface area (Å²) < 4.78 is 21.6. The van der Waals surface area contributed by atoms with E-state index in [1.807, 2.05) is 13.0 Å². The van der Waals surface area contributed by atoms with Gasteiger partial charge in [-0.2, -0.15) is 5.26 Å². The van der Waals surface area contributed by atoms with E-state index in [-0.39, 0.29) is 29.2 Å². The Bertz CT molecular complexity index is 1380. The SMILES string of the molecule is CCc1nnc(NC(=O)C(C#N)=Cc2ccc(OCc3cc(OC)c(OC)cc3[N+](=O)[O-])c(OC)c2)s1. The molecule has 13 heteroatoms. The molecule has 1 aromatic heterocycles. The number of rotatable bonds is 11. The summed E-state index contributed by atoms with van der Waals surface area (Å²) in [5.41, 5.74) is 0.423. The van der Waals surface area contributed by atoms with Crippen LogP contribution in [0.2, 0.25) is 0 Å². The van der Waals surface area contributed by atoms with Gasteiger partial charge in [-0.3, -0.25) is 20.2 Å². The Kier molecular flexibility index (Phi) is 8.95. The van der Waals surface area contributed by atoms with E-state index in [0.717, 1.165) is 5.01 Å². The summed E-state index contributed by atoms with van der Waals surface area (Å²) in [7, 11) is 4.24. The third-order valence-electron chi connectivity index (χ3n) is 5.02. The Morgan fingerprint density at radius 3 is 2.38 bits per heavy atom. The van der Waals surface area contributed by atoms with Gasteiger partial charge in [0.15, 0.2) is 23.0 Å². The first kappa shape index (κ1) is 26.9. The predicted molar refractivity (Wildman–Crippen MR) is 135 cm³/mol. The molecule has 0 aliphatic carbocycles. The fourth-order valence-corrected chi connectivity index (χ4v) is 3.85. The average molecular weight is 526 g/mol. The first-order chi connectivity index (χ1) is 17.8. The summed E-state index contributed by atoms with van der Waals surface area (Å²) in [6.45, 7) is 1.76. The summed E-state index contributed by atoms with van der Waals surface area (Å²) in [4.78, 5) is 23.5. The molecule has 0 saturated heterocycles. The minimum Gasteiger partial charge on any atom is -0.493 e. The van der Waals surface area contributed by atoms with Crippen LogP contribution in [-0.2, 0) is 17.8 Å². The summed E-state index contributed by atoms with van der Waals surface area (Å²) >= 11 is 1.23. The lowest BCUT2D eigenvalue weighted by atomic mass is 10.1. The zero-order valence-electron chi connectivity index (χ0n) is 20.4. The molecule has 0 unspecified atom stereocenters. The number of aromatic nitrogens is 2. The Labute approximate surface area is 216 Å². The number of nitro benzene ring substituents is 1. The third-order valence-corrected chi connectivity index (χ3v) is 6.00. The van der Waals surface area contributed by atoms with E-state index in [9.17, 15) is 20.2 Å². The van der Waals surface area contributed by atoms with Crippen LogP contribution >= 0.6 is 11.3 Å². The van der Waals surface area contributed by atoms with E-state index < -0.39 is 10.8 Å². The summed E-state index contributed by atoms with van der Waals surface area (Å²) in [6.07, 6.45) is 2.07. The van der Waals surface area contributed by atoms with E-state index in [1.165, 1.54) is 50.9 Å². The van der Waals surface area contributed by atoms with Crippen molar-refractivity contribution < 1.29 is 28.7 Å². The summed E-state index contributed by atoms with van der Waals surface area (Å²) in [5, 5.41) is 32.5. The molecule has 0 radical (unpaired) electrons. The van der Waals surface area contributed by atoms with Crippen LogP contribution in [0.15, 0.2) is 35.9 Å². The molecule has 1 N–H and O–H groups in total. The molecule has 0 bridgehead atoms. The molecule has 0 fully saturated rings. The first-order valence-electron chi connectivity index (χ1n) is 10.8. The zero-order valence-corrected chi connectivity index (χ0v) is 21.2. The minimum absolute atomic E-state index is 0.148. The van der Waals surface area contributed by atoms with Gasteiger partial charge in [0.05, 0.1) is 37.9 Å². The van der Waals surface area contributed by atoms with Gasteiger partial charge in [-0.1, -0.05) is 24.3 Å². The minimum atomic E-state index is -0.624. The lowest BCUT2D eigenvalue weighted by Crippen LogP contribution is -2.13. The molecule has 1 amide bonds. The highest BCUT2D eigenvalue weighted by Crippen LogP contribution is 2.36. The molecule has 0 aliphatic heterocycles. The van der Waals surface area contributed by atoms with Crippen molar-refractivity contribution in [2.45, 2.75) is 20.0 Å². The van der Waals surface area contributed by atoms with E-state index in [0.29, 0.717) is 34.4 Å². The molecule has 2 aromatic carbocycles. The number of nitriles is 1. The molecular weight excluding hydrogens is 502 g/mol. The number of anilines is 1. The van der Waals surface area contributed by atoms with Crippen molar-refractivity contribution in [3.05, 3.63) is 62.2 Å². The highest BCUT2D eigenvalue weighted by Gasteiger charge is 2.21. The Morgan fingerprint density at radius 2 is 1.78 bits per heavy atom. The molecule has 1 heterocycles. The highest BCUT2D eigenvalue weighted by molar-refractivity contribution is 7.15. The van der Waals surface area contributed by atoms with Crippen LogP contribution in [0.1, 0.15) is 23.1 Å². The van der Waals surface area contributed by atoms with Gasteiger partial charge in [-0.15, -0.1) is 10.2 Å². The van der Waals surface area contributed by atoms with Crippen LogP contribution in [0, 0.1) is 21.4 Å². The van der Waals surface area contributed by atoms with Crippen molar-refractivity contribution in [2.24, 2.45) is 0 Å². The topological polar surface area (TPSA) is 159 Å². The van der Waals surface area contributed by atoms with Gasteiger partial charge >= 0.3 is 0 Å². The number of hydrogen-bond acceptors (Lipinski definition) is 11. The van der Waals surface area contributed by atoms with Crippen LogP contribution in [-0.4, -0.2) is 42.4 Å². The molecule has 37 heavy (non-hydrogen) atoms. The molecule has 0 spiro atoms. The fraction of sp³-hybridized carbons (Fsp3) is 0.250. The van der Waals surface area contributed by atoms with Crippen molar-refractivity contribution in [2.75, 3.05) is 26.6 Å². The third kappa shape index (κ3) is 6.50. The van der Waals surface area contributed by atoms with Crippen LogP contribution in [0.25, 0.3) is 6.08 Å². The molecule has 0 aliphatic rings. The van der Waals surface area contributed by atoms with E-state index >= 15 is 0 Å². The van der Waals surface area contributed by atoms with Gasteiger partial charge in [0.25, 0.3) is 11.6 Å². The molecule has 3 aromatic rings.